The second-order valence-electron chi connectivity index (χ2n) is 3.96. The Morgan fingerprint density at radius 2 is 1.71 bits per heavy atom. The molecule has 0 saturated carbocycles. The third kappa shape index (κ3) is 3.18. The van der Waals surface area contributed by atoms with Gasteiger partial charge in [0.05, 0.1) is 6.04 Å². The fraction of sp³-hybridized carbons (Fsp3) is 0.200. The second-order valence-corrected chi connectivity index (χ2v) is 4.87. The molecule has 0 saturated heterocycles. The fourth-order valence-corrected chi connectivity index (χ4v) is 2.38. The molecule has 0 spiro atoms. The molecule has 1 N–H and O–H groups in total. The van der Waals surface area contributed by atoms with Gasteiger partial charge >= 0.3 is 0 Å². The highest BCUT2D eigenvalue weighted by Gasteiger charge is 2.12. The maximum atomic E-state index is 3.53. The van der Waals surface area contributed by atoms with Gasteiger partial charge in [-0.3, -0.25) is 0 Å². The molecule has 1 nitrogen and oxygen atoms in total. The Balaban J connectivity index is 2.35. The van der Waals surface area contributed by atoms with Crippen molar-refractivity contribution in [1.29, 1.82) is 0 Å². The molecule has 0 bridgehead atoms. The largest absolute Gasteiger partial charge is 0.307 e. The Bertz CT molecular complexity index is 467. The van der Waals surface area contributed by atoms with E-state index in [-0.39, 0.29) is 6.04 Å². The summed E-state index contributed by atoms with van der Waals surface area (Å²) in [5.41, 5.74) is 2.58. The molecule has 0 fully saturated rings. The summed E-state index contributed by atoms with van der Waals surface area (Å²) in [6, 6.07) is 19.2. The number of nitrogens with one attached hydrogen (secondary N) is 1. The van der Waals surface area contributed by atoms with Gasteiger partial charge in [0.2, 0.25) is 0 Å². The van der Waals surface area contributed by atoms with Crippen molar-refractivity contribution < 1.29 is 0 Å². The lowest BCUT2D eigenvalue weighted by molar-refractivity contribution is 0.630. The summed E-state index contributed by atoms with van der Waals surface area (Å²) in [5.74, 6) is 0. The van der Waals surface area contributed by atoms with E-state index in [1.165, 1.54) is 11.1 Å². The average Bonchev–Trinajstić information content (AvgIpc) is 2.37. The predicted octanol–water partition coefficient (Wildman–Crippen LogP) is 4.15. The monoisotopic (exact) mass is 289 g/mol. The van der Waals surface area contributed by atoms with Gasteiger partial charge in [0.1, 0.15) is 0 Å². The van der Waals surface area contributed by atoms with Crippen molar-refractivity contribution in [2.24, 2.45) is 0 Å². The van der Waals surface area contributed by atoms with Crippen LogP contribution in [0.15, 0.2) is 59.1 Å². The van der Waals surface area contributed by atoms with E-state index < -0.39 is 0 Å². The highest BCUT2D eigenvalue weighted by Crippen LogP contribution is 2.24. The van der Waals surface area contributed by atoms with Gasteiger partial charge in [-0.2, -0.15) is 0 Å². The first kappa shape index (κ1) is 12.3. The van der Waals surface area contributed by atoms with E-state index in [0.29, 0.717) is 0 Å². The molecule has 0 heterocycles. The van der Waals surface area contributed by atoms with E-state index in [0.717, 1.165) is 11.0 Å². The zero-order valence-corrected chi connectivity index (χ0v) is 11.4. The van der Waals surface area contributed by atoms with E-state index in [9.17, 15) is 0 Å². The molecule has 88 valence electrons. The van der Waals surface area contributed by atoms with Crippen LogP contribution < -0.4 is 5.32 Å². The average molecular weight is 290 g/mol. The smallest absolute Gasteiger partial charge is 0.0577 e. The van der Waals surface area contributed by atoms with Crippen molar-refractivity contribution in [2.75, 3.05) is 6.54 Å². The Kier molecular flexibility index (Phi) is 4.35. The maximum Gasteiger partial charge on any atom is 0.0577 e. The molecule has 0 aromatic heterocycles. The van der Waals surface area contributed by atoms with Gasteiger partial charge in [-0.25, -0.2) is 0 Å². The molecule has 2 aromatic rings. The molecule has 17 heavy (non-hydrogen) atoms. The van der Waals surface area contributed by atoms with E-state index in [4.69, 9.17) is 0 Å². The lowest BCUT2D eigenvalue weighted by atomic mass is 9.99. The summed E-state index contributed by atoms with van der Waals surface area (Å²) in [5, 5.41) is 3.52. The van der Waals surface area contributed by atoms with Gasteiger partial charge in [-0.05, 0) is 29.8 Å². The second kappa shape index (κ2) is 5.99. The van der Waals surface area contributed by atoms with E-state index in [1.807, 2.05) is 6.07 Å². The molecule has 1 atom stereocenters. The van der Waals surface area contributed by atoms with Crippen LogP contribution in [0.5, 0.6) is 0 Å². The zero-order valence-electron chi connectivity index (χ0n) is 9.86. The van der Waals surface area contributed by atoms with Gasteiger partial charge in [-0.1, -0.05) is 65.3 Å². The Morgan fingerprint density at radius 3 is 2.35 bits per heavy atom. The normalized spacial score (nSPS) is 12.4. The van der Waals surface area contributed by atoms with Crippen molar-refractivity contribution in [3.8, 4) is 0 Å². The summed E-state index contributed by atoms with van der Waals surface area (Å²) >= 11 is 3.53. The van der Waals surface area contributed by atoms with Crippen molar-refractivity contribution >= 4 is 15.9 Å². The number of hydrogen-bond acceptors (Lipinski definition) is 1. The van der Waals surface area contributed by atoms with Crippen molar-refractivity contribution in [3.63, 3.8) is 0 Å². The minimum atomic E-state index is 0.263. The van der Waals surface area contributed by atoms with Crippen LogP contribution in [-0.4, -0.2) is 6.54 Å². The van der Waals surface area contributed by atoms with Gasteiger partial charge < -0.3 is 5.32 Å². The van der Waals surface area contributed by atoms with Crippen LogP contribution >= 0.6 is 15.9 Å². The summed E-state index contributed by atoms with van der Waals surface area (Å²) < 4.78 is 1.12. The first-order chi connectivity index (χ1) is 8.31. The van der Waals surface area contributed by atoms with E-state index in [1.54, 1.807) is 0 Å². The van der Waals surface area contributed by atoms with E-state index >= 15 is 0 Å². The highest BCUT2D eigenvalue weighted by molar-refractivity contribution is 9.10. The Morgan fingerprint density at radius 1 is 1.00 bits per heavy atom. The SMILES string of the molecule is CCNC(c1ccccc1)c1cccc(Br)c1. The molecule has 0 aliphatic rings. The lowest BCUT2D eigenvalue weighted by Crippen LogP contribution is -2.21. The molecule has 0 radical (unpaired) electrons. The zero-order chi connectivity index (χ0) is 12.1. The molecule has 2 rings (SSSR count). The number of benzene rings is 2. The summed E-state index contributed by atoms with van der Waals surface area (Å²) in [7, 11) is 0. The van der Waals surface area contributed by atoms with Gasteiger partial charge in [0, 0.05) is 4.47 Å². The van der Waals surface area contributed by atoms with Crippen molar-refractivity contribution in [2.45, 2.75) is 13.0 Å². The molecule has 2 aromatic carbocycles. The quantitative estimate of drug-likeness (QED) is 0.892. The van der Waals surface area contributed by atoms with Gasteiger partial charge in [0.15, 0.2) is 0 Å². The van der Waals surface area contributed by atoms with Crippen LogP contribution in [-0.2, 0) is 0 Å². The Hall–Kier alpha value is -1.12. The van der Waals surface area contributed by atoms with Crippen LogP contribution in [0.1, 0.15) is 24.1 Å². The van der Waals surface area contributed by atoms with Crippen LogP contribution in [0.25, 0.3) is 0 Å². The minimum Gasteiger partial charge on any atom is -0.307 e. The summed E-state index contributed by atoms with van der Waals surface area (Å²) in [6.45, 7) is 3.08. The van der Waals surface area contributed by atoms with Gasteiger partial charge in [-0.15, -0.1) is 0 Å². The molecular weight excluding hydrogens is 274 g/mol. The number of halogens is 1. The molecule has 2 heteroatoms. The Labute approximate surface area is 111 Å². The lowest BCUT2D eigenvalue weighted by Gasteiger charge is -2.19. The van der Waals surface area contributed by atoms with Gasteiger partial charge in [0.25, 0.3) is 0 Å². The molecule has 0 aliphatic carbocycles. The topological polar surface area (TPSA) is 12.0 Å². The molecule has 0 amide bonds. The van der Waals surface area contributed by atoms with Crippen LogP contribution in [0.3, 0.4) is 0 Å². The third-order valence-electron chi connectivity index (χ3n) is 2.72. The summed E-state index contributed by atoms with van der Waals surface area (Å²) in [4.78, 5) is 0. The van der Waals surface area contributed by atoms with Crippen LogP contribution in [0.2, 0.25) is 0 Å². The molecule has 0 aliphatic heterocycles. The van der Waals surface area contributed by atoms with Crippen molar-refractivity contribution in [3.05, 3.63) is 70.2 Å². The molecular formula is C15H16BrN. The standard InChI is InChI=1S/C15H16BrN/c1-2-17-15(12-7-4-3-5-8-12)13-9-6-10-14(16)11-13/h3-11,15,17H,2H2,1H3. The first-order valence-corrected chi connectivity index (χ1v) is 6.64. The fourth-order valence-electron chi connectivity index (χ4n) is 1.96. The number of hydrogen-bond donors (Lipinski definition) is 1. The van der Waals surface area contributed by atoms with E-state index in [2.05, 4.69) is 76.7 Å². The van der Waals surface area contributed by atoms with Crippen molar-refractivity contribution in [1.82, 2.24) is 5.32 Å². The predicted molar refractivity (Wildman–Crippen MR) is 76.1 cm³/mol. The number of rotatable bonds is 4. The molecule has 1 unspecified atom stereocenters. The minimum absolute atomic E-state index is 0.263. The third-order valence-corrected chi connectivity index (χ3v) is 3.22. The maximum absolute atomic E-state index is 3.53. The van der Waals surface area contributed by atoms with Crippen LogP contribution in [0.4, 0.5) is 0 Å². The van der Waals surface area contributed by atoms with Crippen LogP contribution in [0, 0.1) is 0 Å². The highest BCUT2D eigenvalue weighted by atomic mass is 79.9. The first-order valence-electron chi connectivity index (χ1n) is 5.85. The summed E-state index contributed by atoms with van der Waals surface area (Å²) in [6.07, 6.45) is 0.